The van der Waals surface area contributed by atoms with Crippen molar-refractivity contribution >= 4 is 16.9 Å². The predicted molar refractivity (Wildman–Crippen MR) is 115 cm³/mol. The summed E-state index contributed by atoms with van der Waals surface area (Å²) in [6, 6.07) is 11.9. The lowest BCUT2D eigenvalue weighted by molar-refractivity contribution is -0.149. The number of ether oxygens (including phenoxy) is 3. The smallest absolute Gasteiger partial charge is 0.333 e. The van der Waals surface area contributed by atoms with Gasteiger partial charge in [0, 0.05) is 19.2 Å². The van der Waals surface area contributed by atoms with Gasteiger partial charge in [0.15, 0.2) is 6.10 Å². The van der Waals surface area contributed by atoms with Gasteiger partial charge in [-0.2, -0.15) is 0 Å². The van der Waals surface area contributed by atoms with Crippen molar-refractivity contribution in [1.82, 2.24) is 4.98 Å². The van der Waals surface area contributed by atoms with E-state index in [9.17, 15) is 14.3 Å². The number of nitrogens with zero attached hydrogens (tertiary/aromatic N) is 1. The van der Waals surface area contributed by atoms with Gasteiger partial charge < -0.3 is 19.3 Å². The Kier molecular flexibility index (Phi) is 7.41. The highest BCUT2D eigenvalue weighted by Crippen LogP contribution is 2.32. The first-order valence-corrected chi connectivity index (χ1v) is 10.2. The molecular formula is C24H26FNO5. The molecule has 31 heavy (non-hydrogen) atoms. The van der Waals surface area contributed by atoms with E-state index in [0.29, 0.717) is 40.1 Å². The number of pyridine rings is 1. The SMILES string of the molecule is CCOC(Cc1ccccc1OCc1cnc2cccc(F)c2c1OC(C)C)C(=O)O. The number of hydrogen-bond donors (Lipinski definition) is 1. The maximum absolute atomic E-state index is 14.6. The quantitative estimate of drug-likeness (QED) is 0.502. The molecule has 7 heteroatoms. The average molecular weight is 427 g/mol. The highest BCUT2D eigenvalue weighted by Gasteiger charge is 2.21. The lowest BCUT2D eigenvalue weighted by Crippen LogP contribution is -2.26. The highest BCUT2D eigenvalue weighted by molar-refractivity contribution is 5.86. The number of benzene rings is 2. The van der Waals surface area contributed by atoms with Gasteiger partial charge in [-0.3, -0.25) is 4.98 Å². The Morgan fingerprint density at radius 1 is 1.13 bits per heavy atom. The number of aliphatic carboxylic acids is 1. The fourth-order valence-corrected chi connectivity index (χ4v) is 3.27. The Balaban J connectivity index is 1.90. The van der Waals surface area contributed by atoms with Gasteiger partial charge in [-0.25, -0.2) is 9.18 Å². The molecule has 1 heterocycles. The number of para-hydroxylation sites is 1. The molecule has 1 aromatic heterocycles. The van der Waals surface area contributed by atoms with Crippen LogP contribution in [-0.4, -0.2) is 34.9 Å². The van der Waals surface area contributed by atoms with Gasteiger partial charge in [0.25, 0.3) is 0 Å². The summed E-state index contributed by atoms with van der Waals surface area (Å²) in [4.78, 5) is 15.8. The monoisotopic (exact) mass is 427 g/mol. The first kappa shape index (κ1) is 22.5. The number of aromatic nitrogens is 1. The van der Waals surface area contributed by atoms with Crippen molar-refractivity contribution in [3.63, 3.8) is 0 Å². The molecule has 0 bridgehead atoms. The van der Waals surface area contributed by atoms with Gasteiger partial charge in [-0.05, 0) is 44.5 Å². The van der Waals surface area contributed by atoms with Gasteiger partial charge in [-0.15, -0.1) is 0 Å². The summed E-state index contributed by atoms with van der Waals surface area (Å²) in [7, 11) is 0. The molecule has 0 amide bonds. The minimum Gasteiger partial charge on any atom is -0.490 e. The molecule has 3 rings (SSSR count). The molecule has 0 aliphatic carbocycles. The van der Waals surface area contributed by atoms with E-state index in [-0.39, 0.29) is 19.1 Å². The first-order valence-electron chi connectivity index (χ1n) is 10.2. The van der Waals surface area contributed by atoms with Gasteiger partial charge in [0.2, 0.25) is 0 Å². The van der Waals surface area contributed by atoms with Crippen LogP contribution in [0.1, 0.15) is 31.9 Å². The summed E-state index contributed by atoms with van der Waals surface area (Å²) >= 11 is 0. The minimum absolute atomic E-state index is 0.0860. The molecule has 1 atom stereocenters. The molecule has 0 aliphatic rings. The van der Waals surface area contributed by atoms with Crippen LogP contribution in [0.3, 0.4) is 0 Å². The summed E-state index contributed by atoms with van der Waals surface area (Å²) in [5, 5.41) is 9.70. The average Bonchev–Trinajstić information content (AvgIpc) is 2.73. The molecule has 1 unspecified atom stereocenters. The maximum Gasteiger partial charge on any atom is 0.333 e. The third-order valence-electron chi connectivity index (χ3n) is 4.63. The molecule has 2 aromatic carbocycles. The van der Waals surface area contributed by atoms with Crippen LogP contribution in [0.4, 0.5) is 4.39 Å². The van der Waals surface area contributed by atoms with Crippen LogP contribution in [0.15, 0.2) is 48.7 Å². The summed E-state index contributed by atoms with van der Waals surface area (Å²) in [6.45, 7) is 5.87. The molecular weight excluding hydrogens is 401 g/mol. The second kappa shape index (κ2) is 10.2. The highest BCUT2D eigenvalue weighted by atomic mass is 19.1. The van der Waals surface area contributed by atoms with Crippen molar-refractivity contribution in [2.24, 2.45) is 0 Å². The third-order valence-corrected chi connectivity index (χ3v) is 4.63. The molecule has 6 nitrogen and oxygen atoms in total. The predicted octanol–water partition coefficient (Wildman–Crippen LogP) is 4.77. The zero-order valence-electron chi connectivity index (χ0n) is 17.8. The molecule has 0 aliphatic heterocycles. The molecule has 0 spiro atoms. The van der Waals surface area contributed by atoms with Gasteiger partial charge in [0.1, 0.15) is 23.9 Å². The van der Waals surface area contributed by atoms with Gasteiger partial charge in [-0.1, -0.05) is 24.3 Å². The van der Waals surface area contributed by atoms with Crippen molar-refractivity contribution in [2.75, 3.05) is 6.61 Å². The van der Waals surface area contributed by atoms with Crippen LogP contribution in [0.2, 0.25) is 0 Å². The van der Waals surface area contributed by atoms with Crippen LogP contribution in [0.25, 0.3) is 10.9 Å². The van der Waals surface area contributed by atoms with E-state index in [1.165, 1.54) is 6.07 Å². The number of fused-ring (bicyclic) bond motifs is 1. The van der Waals surface area contributed by atoms with Crippen molar-refractivity contribution in [3.05, 3.63) is 65.6 Å². The van der Waals surface area contributed by atoms with E-state index in [1.807, 2.05) is 19.9 Å². The van der Waals surface area contributed by atoms with Crippen LogP contribution < -0.4 is 9.47 Å². The molecule has 1 N–H and O–H groups in total. The van der Waals surface area contributed by atoms with Crippen molar-refractivity contribution in [3.8, 4) is 11.5 Å². The Morgan fingerprint density at radius 2 is 1.90 bits per heavy atom. The molecule has 0 radical (unpaired) electrons. The van der Waals surface area contributed by atoms with Gasteiger partial charge in [0.05, 0.1) is 22.6 Å². The molecule has 3 aromatic rings. The zero-order valence-corrected chi connectivity index (χ0v) is 17.8. The second-order valence-corrected chi connectivity index (χ2v) is 7.30. The van der Waals surface area contributed by atoms with Crippen LogP contribution in [0.5, 0.6) is 11.5 Å². The summed E-state index contributed by atoms with van der Waals surface area (Å²) < 4.78 is 31.8. The van der Waals surface area contributed by atoms with Crippen molar-refractivity contribution in [1.29, 1.82) is 0 Å². The normalized spacial score (nSPS) is 12.2. The molecule has 164 valence electrons. The van der Waals surface area contributed by atoms with Crippen molar-refractivity contribution in [2.45, 2.75) is 46.0 Å². The minimum atomic E-state index is -1.03. The lowest BCUT2D eigenvalue weighted by atomic mass is 10.1. The Labute approximate surface area is 180 Å². The molecule has 0 fully saturated rings. The van der Waals surface area contributed by atoms with Crippen LogP contribution >= 0.6 is 0 Å². The topological polar surface area (TPSA) is 77.9 Å². The number of halogens is 1. The van der Waals surface area contributed by atoms with E-state index in [0.717, 1.165) is 0 Å². The molecule has 0 saturated heterocycles. The Hall–Kier alpha value is -3.19. The summed E-state index contributed by atoms with van der Waals surface area (Å²) in [5.41, 5.74) is 1.80. The lowest BCUT2D eigenvalue weighted by Gasteiger charge is -2.19. The van der Waals surface area contributed by atoms with Crippen molar-refractivity contribution < 1.29 is 28.5 Å². The summed E-state index contributed by atoms with van der Waals surface area (Å²) in [6.07, 6.45) is 0.645. The summed E-state index contributed by atoms with van der Waals surface area (Å²) in [5.74, 6) is -0.520. The number of hydrogen-bond acceptors (Lipinski definition) is 5. The number of rotatable bonds is 10. The molecule has 0 saturated carbocycles. The van der Waals surface area contributed by atoms with Crippen LogP contribution in [-0.2, 0) is 22.6 Å². The standard InChI is InChI=1S/C24H26FNO5/c1-4-29-21(24(27)28)12-16-8-5-6-11-20(16)30-14-17-13-26-19-10-7-9-18(25)22(19)23(17)31-15(2)3/h5-11,13,15,21H,4,12,14H2,1-3H3,(H,27,28). The van der Waals surface area contributed by atoms with E-state index in [4.69, 9.17) is 14.2 Å². The second-order valence-electron chi connectivity index (χ2n) is 7.30. The largest absolute Gasteiger partial charge is 0.490 e. The number of carboxylic acids is 1. The van der Waals surface area contributed by atoms with E-state index in [1.54, 1.807) is 43.5 Å². The number of carbonyl (C=O) groups is 1. The third kappa shape index (κ3) is 5.49. The zero-order chi connectivity index (χ0) is 22.4. The van der Waals surface area contributed by atoms with E-state index in [2.05, 4.69) is 4.98 Å². The maximum atomic E-state index is 14.6. The fraction of sp³-hybridized carbons (Fsp3) is 0.333. The Bertz CT molecular complexity index is 1050. The number of carboxylic acid groups (broad SMARTS) is 1. The van der Waals surface area contributed by atoms with E-state index >= 15 is 0 Å². The fourth-order valence-electron chi connectivity index (χ4n) is 3.27. The van der Waals surface area contributed by atoms with Crippen LogP contribution in [0, 0.1) is 5.82 Å². The Morgan fingerprint density at radius 3 is 2.61 bits per heavy atom. The van der Waals surface area contributed by atoms with E-state index < -0.39 is 17.9 Å². The van der Waals surface area contributed by atoms with Gasteiger partial charge >= 0.3 is 5.97 Å². The first-order chi connectivity index (χ1) is 14.9.